The Kier molecular flexibility index (Phi) is 5.93. The van der Waals surface area contributed by atoms with E-state index < -0.39 is 5.60 Å². The quantitative estimate of drug-likeness (QED) is 0.292. The van der Waals surface area contributed by atoms with E-state index in [9.17, 15) is 14.7 Å². The summed E-state index contributed by atoms with van der Waals surface area (Å²) in [6.45, 7) is 12.3. The molecule has 2 fully saturated rings. The molecule has 0 bridgehead atoms. The molecule has 0 aromatic rings. The lowest BCUT2D eigenvalue weighted by molar-refractivity contribution is -0.137. The van der Waals surface area contributed by atoms with Gasteiger partial charge >= 0.3 is 0 Å². The smallest absolute Gasteiger partial charge is 0.195 e. The zero-order valence-electron chi connectivity index (χ0n) is 24.2. The Hall–Kier alpha value is -2.92. The van der Waals surface area contributed by atoms with Gasteiger partial charge in [-0.3, -0.25) is 9.59 Å². The summed E-state index contributed by atoms with van der Waals surface area (Å²) in [5, 5.41) is 19.6. The van der Waals surface area contributed by atoms with Gasteiger partial charge in [0.2, 0.25) is 0 Å². The number of aliphatic hydroxyl groups is 1. The third-order valence-corrected chi connectivity index (χ3v) is 11.0. The summed E-state index contributed by atoms with van der Waals surface area (Å²) < 4.78 is 0. The average molecular weight is 525 g/mol. The minimum Gasteiger partial charge on any atom is -0.381 e. The maximum atomic E-state index is 13.1. The molecule has 0 unspecified atom stereocenters. The van der Waals surface area contributed by atoms with Gasteiger partial charge in [0.15, 0.2) is 11.6 Å². The number of Topliss-reactive ketones (excluding diaryl/α,β-unsaturated/α-hetero) is 2. The topological polar surface area (TPSA) is 79.1 Å². The number of hydrogen-bond donors (Lipinski definition) is 1. The number of fused-ring (bicyclic) bond motifs is 2. The summed E-state index contributed by atoms with van der Waals surface area (Å²) in [5.74, 6) is 0.288. The number of hydrogen-bond acceptors (Lipinski definition) is 5. The normalized spacial score (nSPS) is 30.5. The number of carbonyl (C=O) groups excluding carboxylic acids is 2. The van der Waals surface area contributed by atoms with E-state index in [2.05, 4.69) is 50.9 Å². The molecule has 204 valence electrons. The summed E-state index contributed by atoms with van der Waals surface area (Å²) in [6, 6.07) is 0. The second kappa shape index (κ2) is 8.79. The molecule has 39 heavy (non-hydrogen) atoms. The standard InChI is InChI=1S/C34H40N2O3/c1-19-17-26-28(21(3)33(11-12-33)23(5)30(26)37)24(19)9-7-15-35-36-16-8-10-25-20(2)18-27-29(25)22(4)34(13-14-34)32(6,39)31(27)38/h15-18,23,39H,7-14H2,1-6H3/t23-,32-/m1/s1. The SMILES string of the molecule is CC1=C(CCC=NN=CCCC2=C(C)C=C3C(=O)[C@@](C)(O)C4(CC4)C(C)=C32)C2=C(C)C3(CC3)[C@H](C)C(=O)C2=C1. The molecule has 0 aliphatic heterocycles. The van der Waals surface area contributed by atoms with E-state index in [1.165, 1.54) is 33.4 Å². The molecule has 6 aliphatic rings. The van der Waals surface area contributed by atoms with Crippen LogP contribution in [-0.2, 0) is 9.59 Å². The van der Waals surface area contributed by atoms with E-state index in [0.29, 0.717) is 11.4 Å². The Labute approximate surface area is 231 Å². The van der Waals surface area contributed by atoms with Crippen LogP contribution in [0.3, 0.4) is 0 Å². The summed E-state index contributed by atoms with van der Waals surface area (Å²) in [7, 11) is 0. The van der Waals surface area contributed by atoms with Crippen LogP contribution in [-0.4, -0.2) is 34.7 Å². The van der Waals surface area contributed by atoms with Gasteiger partial charge in [0.05, 0.1) is 0 Å². The maximum Gasteiger partial charge on any atom is 0.195 e. The van der Waals surface area contributed by atoms with E-state index in [1.807, 2.05) is 18.5 Å². The molecule has 6 rings (SSSR count). The zero-order chi connectivity index (χ0) is 27.9. The first-order chi connectivity index (χ1) is 18.5. The van der Waals surface area contributed by atoms with Crippen LogP contribution in [0, 0.1) is 16.7 Å². The zero-order valence-corrected chi connectivity index (χ0v) is 24.2. The first kappa shape index (κ1) is 26.3. The van der Waals surface area contributed by atoms with Gasteiger partial charge < -0.3 is 5.11 Å². The minimum atomic E-state index is -1.30. The maximum absolute atomic E-state index is 13.1. The van der Waals surface area contributed by atoms with Crippen molar-refractivity contribution >= 4 is 24.0 Å². The van der Waals surface area contributed by atoms with Gasteiger partial charge in [-0.05, 0) is 132 Å². The first-order valence-corrected chi connectivity index (χ1v) is 14.6. The van der Waals surface area contributed by atoms with Crippen LogP contribution in [0.25, 0.3) is 0 Å². The van der Waals surface area contributed by atoms with Gasteiger partial charge in [-0.2, -0.15) is 10.2 Å². The summed E-state index contributed by atoms with van der Waals surface area (Å²) in [6.07, 6.45) is 15.0. The molecular weight excluding hydrogens is 484 g/mol. The fourth-order valence-electron chi connectivity index (χ4n) is 8.04. The summed E-state index contributed by atoms with van der Waals surface area (Å²) in [4.78, 5) is 26.2. The van der Waals surface area contributed by atoms with E-state index in [0.717, 1.165) is 68.1 Å². The number of carbonyl (C=O) groups is 2. The van der Waals surface area contributed by atoms with E-state index in [4.69, 9.17) is 0 Å². The third-order valence-electron chi connectivity index (χ3n) is 11.0. The van der Waals surface area contributed by atoms with Crippen molar-refractivity contribution in [2.75, 3.05) is 0 Å². The Morgan fingerprint density at radius 1 is 0.846 bits per heavy atom. The molecular formula is C34H40N2O3. The second-order valence-corrected chi connectivity index (χ2v) is 12.8. The van der Waals surface area contributed by atoms with Crippen molar-refractivity contribution in [3.05, 3.63) is 67.9 Å². The van der Waals surface area contributed by atoms with Crippen molar-refractivity contribution in [2.24, 2.45) is 27.0 Å². The van der Waals surface area contributed by atoms with Crippen molar-refractivity contribution < 1.29 is 14.7 Å². The van der Waals surface area contributed by atoms with Crippen LogP contribution in [0.15, 0.2) is 78.1 Å². The molecule has 0 aromatic heterocycles. The van der Waals surface area contributed by atoms with E-state index in [1.54, 1.807) is 6.92 Å². The van der Waals surface area contributed by atoms with Crippen molar-refractivity contribution in [2.45, 2.75) is 98.5 Å². The van der Waals surface area contributed by atoms with Gasteiger partial charge in [-0.15, -0.1) is 0 Å². The highest BCUT2D eigenvalue weighted by atomic mass is 16.3. The Balaban J connectivity index is 1.06. The number of allylic oxidation sites excluding steroid dienone is 10. The predicted octanol–water partition coefficient (Wildman–Crippen LogP) is 6.86. The fourth-order valence-corrected chi connectivity index (χ4v) is 8.04. The molecule has 5 heteroatoms. The van der Waals surface area contributed by atoms with Gasteiger partial charge in [0.25, 0.3) is 0 Å². The lowest BCUT2D eigenvalue weighted by atomic mass is 9.67. The van der Waals surface area contributed by atoms with Gasteiger partial charge in [-0.1, -0.05) is 18.1 Å². The molecule has 6 aliphatic carbocycles. The molecule has 2 spiro atoms. The molecule has 1 N–H and O–H groups in total. The third kappa shape index (κ3) is 3.61. The molecule has 2 atom stereocenters. The van der Waals surface area contributed by atoms with Crippen LogP contribution in [0.4, 0.5) is 0 Å². The van der Waals surface area contributed by atoms with Crippen LogP contribution >= 0.6 is 0 Å². The Morgan fingerprint density at radius 2 is 1.36 bits per heavy atom. The number of rotatable bonds is 7. The van der Waals surface area contributed by atoms with Crippen molar-refractivity contribution in [1.29, 1.82) is 0 Å². The van der Waals surface area contributed by atoms with Crippen LogP contribution in [0.1, 0.15) is 92.9 Å². The molecule has 0 heterocycles. The van der Waals surface area contributed by atoms with Gasteiger partial charge in [-0.25, -0.2) is 0 Å². The summed E-state index contributed by atoms with van der Waals surface area (Å²) >= 11 is 0. The highest BCUT2D eigenvalue weighted by molar-refractivity contribution is 6.11. The fraction of sp³-hybridized carbons (Fsp3) is 0.529. The Morgan fingerprint density at radius 3 is 1.87 bits per heavy atom. The minimum absolute atomic E-state index is 0.102. The van der Waals surface area contributed by atoms with Crippen molar-refractivity contribution in [1.82, 2.24) is 0 Å². The average Bonchev–Trinajstić information content (AvgIpc) is 3.81. The molecule has 0 aromatic carbocycles. The molecule has 2 saturated carbocycles. The highest BCUT2D eigenvalue weighted by Gasteiger charge is 2.65. The molecule has 0 amide bonds. The van der Waals surface area contributed by atoms with Crippen LogP contribution in [0.5, 0.6) is 0 Å². The molecule has 0 radical (unpaired) electrons. The van der Waals surface area contributed by atoms with Gasteiger partial charge in [0.1, 0.15) is 5.60 Å². The van der Waals surface area contributed by atoms with Gasteiger partial charge in [0, 0.05) is 40.3 Å². The second-order valence-electron chi connectivity index (χ2n) is 12.8. The first-order valence-electron chi connectivity index (χ1n) is 14.6. The largest absolute Gasteiger partial charge is 0.381 e. The Bertz CT molecular complexity index is 1460. The highest BCUT2D eigenvalue weighted by Crippen LogP contribution is 2.65. The summed E-state index contributed by atoms with van der Waals surface area (Å²) in [5.41, 5.74) is 9.73. The monoisotopic (exact) mass is 524 g/mol. The number of ketones is 2. The predicted molar refractivity (Wildman–Crippen MR) is 156 cm³/mol. The van der Waals surface area contributed by atoms with Crippen molar-refractivity contribution in [3.63, 3.8) is 0 Å². The van der Waals surface area contributed by atoms with E-state index in [-0.39, 0.29) is 22.5 Å². The van der Waals surface area contributed by atoms with Crippen LogP contribution < -0.4 is 0 Å². The van der Waals surface area contributed by atoms with E-state index >= 15 is 0 Å². The lowest BCUT2D eigenvalue weighted by Crippen LogP contribution is -2.49. The lowest BCUT2D eigenvalue weighted by Gasteiger charge is -2.39. The van der Waals surface area contributed by atoms with Crippen molar-refractivity contribution in [3.8, 4) is 0 Å². The van der Waals surface area contributed by atoms with Crippen LogP contribution in [0.2, 0.25) is 0 Å². The molecule has 0 saturated heterocycles. The molecule has 5 nitrogen and oxygen atoms in total. The number of nitrogens with zero attached hydrogens (tertiary/aromatic N) is 2.